The van der Waals surface area contributed by atoms with Crippen LogP contribution in [0.5, 0.6) is 5.75 Å². The molecule has 0 saturated carbocycles. The first-order chi connectivity index (χ1) is 7.51. The third kappa shape index (κ3) is 3.11. The second-order valence-corrected chi connectivity index (χ2v) is 4.77. The molecule has 0 amide bonds. The number of nitrogens with one attached hydrogen (secondary N) is 1. The molecule has 0 radical (unpaired) electrons. The zero-order valence-electron chi connectivity index (χ0n) is 10.0. The summed E-state index contributed by atoms with van der Waals surface area (Å²) in [6.07, 6.45) is 0. The van der Waals surface area contributed by atoms with Crippen LogP contribution in [0.1, 0.15) is 19.4 Å². The summed E-state index contributed by atoms with van der Waals surface area (Å²) in [5.74, 6) is 0.774. The van der Waals surface area contributed by atoms with Gasteiger partial charge in [-0.15, -0.1) is 0 Å². The van der Waals surface area contributed by atoms with Gasteiger partial charge in [0.25, 0.3) is 0 Å². The van der Waals surface area contributed by atoms with Gasteiger partial charge in [0.1, 0.15) is 5.75 Å². The summed E-state index contributed by atoms with van der Waals surface area (Å²) in [4.78, 5) is 0. The van der Waals surface area contributed by atoms with E-state index in [0.717, 1.165) is 22.9 Å². The van der Waals surface area contributed by atoms with Crippen molar-refractivity contribution < 1.29 is 4.74 Å². The van der Waals surface area contributed by atoms with Gasteiger partial charge in [-0.2, -0.15) is 0 Å². The predicted octanol–water partition coefficient (Wildman–Crippen LogP) is 2.13. The average molecular weight is 243 g/mol. The number of rotatable bonds is 5. The van der Waals surface area contributed by atoms with Gasteiger partial charge in [-0.05, 0) is 17.7 Å². The highest BCUT2D eigenvalue weighted by atomic mass is 35.5. The number of benzene rings is 1. The quantitative estimate of drug-likeness (QED) is 0.778. The zero-order valence-corrected chi connectivity index (χ0v) is 10.8. The van der Waals surface area contributed by atoms with E-state index in [2.05, 4.69) is 19.2 Å². The molecule has 0 aliphatic heterocycles. The maximum atomic E-state index is 6.23. The fraction of sp³-hybridized carbons (Fsp3) is 0.500. The van der Waals surface area contributed by atoms with Gasteiger partial charge in [-0.3, -0.25) is 0 Å². The maximum absolute atomic E-state index is 6.23. The van der Waals surface area contributed by atoms with Crippen LogP contribution in [0.2, 0.25) is 5.02 Å². The molecule has 0 aliphatic carbocycles. The van der Waals surface area contributed by atoms with Crippen LogP contribution in [0.4, 0.5) is 0 Å². The Balaban J connectivity index is 2.94. The van der Waals surface area contributed by atoms with Gasteiger partial charge >= 0.3 is 0 Å². The summed E-state index contributed by atoms with van der Waals surface area (Å²) in [5, 5.41) is 3.86. The Bertz CT molecular complexity index is 353. The molecule has 1 aromatic carbocycles. The Labute approximate surface area is 102 Å². The Hall–Kier alpha value is -0.770. The summed E-state index contributed by atoms with van der Waals surface area (Å²) in [6.45, 7) is 5.51. The van der Waals surface area contributed by atoms with Gasteiger partial charge in [-0.25, -0.2) is 0 Å². The fourth-order valence-electron chi connectivity index (χ4n) is 1.65. The van der Waals surface area contributed by atoms with E-state index >= 15 is 0 Å². The van der Waals surface area contributed by atoms with Crippen molar-refractivity contribution in [3.63, 3.8) is 0 Å². The van der Waals surface area contributed by atoms with E-state index in [1.807, 2.05) is 18.2 Å². The van der Waals surface area contributed by atoms with Gasteiger partial charge in [-0.1, -0.05) is 31.5 Å². The largest absolute Gasteiger partial charge is 0.497 e. The molecular weight excluding hydrogens is 224 g/mol. The van der Waals surface area contributed by atoms with Crippen LogP contribution in [0.25, 0.3) is 0 Å². The lowest BCUT2D eigenvalue weighted by molar-refractivity contribution is 0.413. The standard InChI is InChI=1S/C12H19ClN2O/c1-12(2,7-15-8-14)10-5-4-9(16-3)6-11(10)13/h4-6,15H,7-8,14H2,1-3H3. The molecule has 0 aromatic heterocycles. The lowest BCUT2D eigenvalue weighted by Crippen LogP contribution is -2.36. The molecule has 0 spiro atoms. The minimum absolute atomic E-state index is 0.0529. The molecule has 4 heteroatoms. The van der Waals surface area contributed by atoms with E-state index in [1.54, 1.807) is 7.11 Å². The molecule has 0 atom stereocenters. The molecular formula is C12H19ClN2O. The average Bonchev–Trinajstić information content (AvgIpc) is 2.25. The third-order valence-corrected chi connectivity index (χ3v) is 2.93. The smallest absolute Gasteiger partial charge is 0.120 e. The maximum Gasteiger partial charge on any atom is 0.120 e. The van der Waals surface area contributed by atoms with Crippen LogP contribution >= 0.6 is 11.6 Å². The molecule has 0 unspecified atom stereocenters. The molecule has 0 fully saturated rings. The number of nitrogens with two attached hydrogens (primary N) is 1. The van der Waals surface area contributed by atoms with E-state index in [-0.39, 0.29) is 5.41 Å². The molecule has 16 heavy (non-hydrogen) atoms. The Morgan fingerprint density at radius 3 is 2.62 bits per heavy atom. The fourth-order valence-corrected chi connectivity index (χ4v) is 2.08. The predicted molar refractivity (Wildman–Crippen MR) is 68.1 cm³/mol. The second kappa shape index (κ2) is 5.53. The molecule has 0 saturated heterocycles. The summed E-state index contributed by atoms with van der Waals surface area (Å²) in [6, 6.07) is 5.76. The Morgan fingerprint density at radius 1 is 1.44 bits per heavy atom. The number of hydrogen-bond acceptors (Lipinski definition) is 3. The van der Waals surface area contributed by atoms with Crippen molar-refractivity contribution in [1.29, 1.82) is 0 Å². The van der Waals surface area contributed by atoms with Crippen molar-refractivity contribution in [2.24, 2.45) is 5.73 Å². The Morgan fingerprint density at radius 2 is 2.12 bits per heavy atom. The van der Waals surface area contributed by atoms with Crippen LogP contribution in [0, 0.1) is 0 Å². The Kier molecular flexibility index (Phi) is 4.59. The van der Waals surface area contributed by atoms with Crippen molar-refractivity contribution in [3.8, 4) is 5.75 Å². The molecule has 90 valence electrons. The highest BCUT2D eigenvalue weighted by molar-refractivity contribution is 6.31. The van der Waals surface area contributed by atoms with Crippen molar-refractivity contribution >= 4 is 11.6 Å². The molecule has 1 aromatic rings. The van der Waals surface area contributed by atoms with Crippen LogP contribution in [0.15, 0.2) is 18.2 Å². The summed E-state index contributed by atoms with van der Waals surface area (Å²) >= 11 is 6.23. The number of hydrogen-bond donors (Lipinski definition) is 2. The number of ether oxygens (including phenoxy) is 1. The number of halogens is 1. The van der Waals surface area contributed by atoms with Crippen molar-refractivity contribution in [3.05, 3.63) is 28.8 Å². The molecule has 3 nitrogen and oxygen atoms in total. The highest BCUT2D eigenvalue weighted by Gasteiger charge is 2.22. The zero-order chi connectivity index (χ0) is 12.2. The lowest BCUT2D eigenvalue weighted by atomic mass is 9.84. The normalized spacial score (nSPS) is 11.6. The molecule has 0 heterocycles. The topological polar surface area (TPSA) is 47.3 Å². The van der Waals surface area contributed by atoms with E-state index < -0.39 is 0 Å². The van der Waals surface area contributed by atoms with Crippen LogP contribution in [-0.2, 0) is 5.41 Å². The van der Waals surface area contributed by atoms with E-state index in [9.17, 15) is 0 Å². The van der Waals surface area contributed by atoms with Crippen LogP contribution < -0.4 is 15.8 Å². The van der Waals surface area contributed by atoms with Gasteiger partial charge in [0.05, 0.1) is 7.11 Å². The van der Waals surface area contributed by atoms with Crippen molar-refractivity contribution in [1.82, 2.24) is 5.32 Å². The van der Waals surface area contributed by atoms with Gasteiger partial charge < -0.3 is 15.8 Å². The molecule has 0 aliphatic rings. The van der Waals surface area contributed by atoms with E-state index in [1.165, 1.54) is 0 Å². The first-order valence-electron chi connectivity index (χ1n) is 5.26. The molecule has 0 bridgehead atoms. The second-order valence-electron chi connectivity index (χ2n) is 4.36. The SMILES string of the molecule is COc1ccc(C(C)(C)CNCN)c(Cl)c1. The third-order valence-electron chi connectivity index (χ3n) is 2.62. The first-order valence-corrected chi connectivity index (χ1v) is 5.64. The van der Waals surface area contributed by atoms with E-state index in [0.29, 0.717) is 6.67 Å². The molecule has 3 N–H and O–H groups in total. The van der Waals surface area contributed by atoms with Gasteiger partial charge in [0, 0.05) is 23.7 Å². The van der Waals surface area contributed by atoms with Gasteiger partial charge in [0.15, 0.2) is 0 Å². The highest BCUT2D eigenvalue weighted by Crippen LogP contribution is 2.32. The van der Waals surface area contributed by atoms with E-state index in [4.69, 9.17) is 22.1 Å². The van der Waals surface area contributed by atoms with Gasteiger partial charge in [0.2, 0.25) is 0 Å². The van der Waals surface area contributed by atoms with Crippen LogP contribution in [0.3, 0.4) is 0 Å². The molecule has 1 rings (SSSR count). The summed E-state index contributed by atoms with van der Waals surface area (Å²) in [7, 11) is 1.63. The number of methoxy groups -OCH3 is 1. The lowest BCUT2D eigenvalue weighted by Gasteiger charge is -2.26. The monoisotopic (exact) mass is 242 g/mol. The van der Waals surface area contributed by atoms with Crippen molar-refractivity contribution in [2.45, 2.75) is 19.3 Å². The summed E-state index contributed by atoms with van der Waals surface area (Å²) < 4.78 is 5.12. The minimum Gasteiger partial charge on any atom is -0.497 e. The first kappa shape index (κ1) is 13.3. The van der Waals surface area contributed by atoms with Crippen LogP contribution in [-0.4, -0.2) is 20.3 Å². The van der Waals surface area contributed by atoms with Crippen molar-refractivity contribution in [2.75, 3.05) is 20.3 Å². The summed E-state index contributed by atoms with van der Waals surface area (Å²) in [5.41, 5.74) is 6.47. The minimum atomic E-state index is -0.0529.